The third kappa shape index (κ3) is 3.15. The molecule has 1 unspecified atom stereocenters. The fraction of sp³-hybridized carbons (Fsp3) is 0.583. The van der Waals surface area contributed by atoms with Crippen molar-refractivity contribution >= 4 is 27.5 Å². The first-order valence-corrected chi connectivity index (χ1v) is 7.45. The number of aromatic amines is 1. The summed E-state index contributed by atoms with van der Waals surface area (Å²) in [5, 5.41) is 11.5. The van der Waals surface area contributed by atoms with E-state index in [1.54, 1.807) is 0 Å². The Balaban J connectivity index is 2.13. The minimum Gasteiger partial charge on any atom is -0.351 e. The Morgan fingerprint density at radius 3 is 3.00 bits per heavy atom. The van der Waals surface area contributed by atoms with Crippen LogP contribution in [0.2, 0.25) is 0 Å². The minimum atomic E-state index is -0.501. The summed E-state index contributed by atoms with van der Waals surface area (Å²) in [4.78, 5) is 27.0. The fourth-order valence-electron chi connectivity index (χ4n) is 2.46. The van der Waals surface area contributed by atoms with E-state index >= 15 is 0 Å². The summed E-state index contributed by atoms with van der Waals surface area (Å²) in [7, 11) is 0. The molecule has 19 heavy (non-hydrogen) atoms. The predicted molar refractivity (Wildman–Crippen MR) is 74.5 cm³/mol. The van der Waals surface area contributed by atoms with Crippen LogP contribution in [-0.4, -0.2) is 38.6 Å². The molecule has 1 fully saturated rings. The smallest absolute Gasteiger partial charge is 0.287 e. The number of H-pyrrole nitrogens is 1. The van der Waals surface area contributed by atoms with Gasteiger partial charge in [-0.05, 0) is 25.7 Å². The van der Waals surface area contributed by atoms with E-state index in [9.17, 15) is 14.9 Å². The van der Waals surface area contributed by atoms with E-state index in [0.29, 0.717) is 5.69 Å². The molecule has 7 heteroatoms. The molecule has 1 atom stereocenters. The van der Waals surface area contributed by atoms with Crippen molar-refractivity contribution in [2.45, 2.75) is 31.7 Å². The number of aromatic nitrogens is 1. The number of rotatable bonds is 4. The molecule has 2 heterocycles. The molecule has 1 N–H and O–H groups in total. The molecule has 1 aromatic heterocycles. The number of hydrogen-bond acceptors (Lipinski definition) is 3. The molecule has 1 aromatic rings. The van der Waals surface area contributed by atoms with Gasteiger partial charge in [0, 0.05) is 24.0 Å². The highest BCUT2D eigenvalue weighted by Gasteiger charge is 2.28. The molecule has 6 nitrogen and oxygen atoms in total. The maximum absolute atomic E-state index is 12.4. The van der Waals surface area contributed by atoms with E-state index in [-0.39, 0.29) is 17.6 Å². The number of carbonyl (C=O) groups excluding carboxylic acids is 1. The number of alkyl halides is 1. The Morgan fingerprint density at radius 1 is 1.58 bits per heavy atom. The summed E-state index contributed by atoms with van der Waals surface area (Å²) >= 11 is 3.41. The second-order valence-corrected chi connectivity index (χ2v) is 5.45. The van der Waals surface area contributed by atoms with Crippen LogP contribution in [0.15, 0.2) is 12.3 Å². The number of amides is 1. The van der Waals surface area contributed by atoms with Crippen LogP contribution < -0.4 is 0 Å². The monoisotopic (exact) mass is 329 g/mol. The molecular formula is C12H16BrN3O3. The standard InChI is InChI=1S/C12H16BrN3O3/c13-5-4-9-3-1-2-6-15(9)12(17)11-7-10(8-14-11)16(18)19/h7-9,14H,1-6H2. The van der Waals surface area contributed by atoms with Gasteiger partial charge in [-0.2, -0.15) is 0 Å². The molecule has 0 spiro atoms. The summed E-state index contributed by atoms with van der Waals surface area (Å²) in [6.45, 7) is 0.726. The van der Waals surface area contributed by atoms with Crippen molar-refractivity contribution in [2.24, 2.45) is 0 Å². The summed E-state index contributed by atoms with van der Waals surface area (Å²) in [5.74, 6) is -0.140. The van der Waals surface area contributed by atoms with Gasteiger partial charge in [0.2, 0.25) is 0 Å². The average Bonchev–Trinajstić information content (AvgIpc) is 2.89. The number of carbonyl (C=O) groups is 1. The van der Waals surface area contributed by atoms with Crippen molar-refractivity contribution in [3.8, 4) is 0 Å². The van der Waals surface area contributed by atoms with Gasteiger partial charge in [0.05, 0.1) is 11.1 Å². The summed E-state index contributed by atoms with van der Waals surface area (Å²) in [5.41, 5.74) is 0.227. The van der Waals surface area contributed by atoms with Gasteiger partial charge in [-0.15, -0.1) is 0 Å². The van der Waals surface area contributed by atoms with Crippen molar-refractivity contribution in [2.75, 3.05) is 11.9 Å². The summed E-state index contributed by atoms with van der Waals surface area (Å²) in [6, 6.07) is 1.53. The predicted octanol–water partition coefficient (Wildman–Crippen LogP) is 2.70. The van der Waals surface area contributed by atoms with Gasteiger partial charge < -0.3 is 9.88 Å². The topological polar surface area (TPSA) is 79.2 Å². The number of halogens is 1. The first-order chi connectivity index (χ1) is 9.13. The Labute approximate surface area is 119 Å². The second-order valence-electron chi connectivity index (χ2n) is 4.65. The number of likely N-dealkylation sites (tertiary alicyclic amines) is 1. The van der Waals surface area contributed by atoms with Gasteiger partial charge in [0.15, 0.2) is 0 Å². The van der Waals surface area contributed by atoms with E-state index < -0.39 is 4.92 Å². The molecular weight excluding hydrogens is 314 g/mol. The highest BCUT2D eigenvalue weighted by atomic mass is 79.9. The molecule has 0 aromatic carbocycles. The maximum Gasteiger partial charge on any atom is 0.287 e. The third-order valence-corrected chi connectivity index (χ3v) is 3.90. The van der Waals surface area contributed by atoms with Gasteiger partial charge in [0.25, 0.3) is 11.6 Å². The Morgan fingerprint density at radius 2 is 2.37 bits per heavy atom. The molecule has 1 aliphatic heterocycles. The van der Waals surface area contributed by atoms with Crippen LogP contribution in [-0.2, 0) is 0 Å². The van der Waals surface area contributed by atoms with E-state index in [2.05, 4.69) is 20.9 Å². The molecule has 0 radical (unpaired) electrons. The van der Waals surface area contributed by atoms with Crippen molar-refractivity contribution in [3.63, 3.8) is 0 Å². The number of piperidine rings is 1. The molecule has 1 aliphatic rings. The van der Waals surface area contributed by atoms with Gasteiger partial charge >= 0.3 is 0 Å². The van der Waals surface area contributed by atoms with Gasteiger partial charge in [-0.25, -0.2) is 0 Å². The lowest BCUT2D eigenvalue weighted by atomic mass is 9.99. The van der Waals surface area contributed by atoms with Crippen LogP contribution in [0, 0.1) is 10.1 Å². The van der Waals surface area contributed by atoms with Crippen LogP contribution in [0.5, 0.6) is 0 Å². The van der Waals surface area contributed by atoms with E-state index in [1.165, 1.54) is 12.3 Å². The molecule has 1 amide bonds. The Bertz CT molecular complexity index is 473. The van der Waals surface area contributed by atoms with E-state index in [0.717, 1.165) is 37.6 Å². The number of nitrogens with one attached hydrogen (secondary N) is 1. The minimum absolute atomic E-state index is 0.0719. The largest absolute Gasteiger partial charge is 0.351 e. The van der Waals surface area contributed by atoms with Crippen LogP contribution in [0.25, 0.3) is 0 Å². The number of nitrogens with zero attached hydrogens (tertiary/aromatic N) is 2. The summed E-state index contributed by atoms with van der Waals surface area (Å²) < 4.78 is 0. The molecule has 1 saturated heterocycles. The van der Waals surface area contributed by atoms with Crippen LogP contribution >= 0.6 is 15.9 Å². The zero-order valence-electron chi connectivity index (χ0n) is 10.5. The SMILES string of the molecule is O=C(c1cc([N+](=O)[O-])c[nH]1)N1CCCCC1CCBr. The van der Waals surface area contributed by atoms with Gasteiger partial charge in [-0.1, -0.05) is 15.9 Å². The Kier molecular flexibility index (Phi) is 4.57. The van der Waals surface area contributed by atoms with Crippen LogP contribution in [0.4, 0.5) is 5.69 Å². The normalized spacial score (nSPS) is 19.4. The van der Waals surface area contributed by atoms with Gasteiger partial charge in [-0.3, -0.25) is 14.9 Å². The van der Waals surface area contributed by atoms with Crippen molar-refractivity contribution in [3.05, 3.63) is 28.1 Å². The number of hydrogen-bond donors (Lipinski definition) is 1. The first kappa shape index (κ1) is 14.0. The highest BCUT2D eigenvalue weighted by Crippen LogP contribution is 2.23. The van der Waals surface area contributed by atoms with E-state index in [1.807, 2.05) is 4.90 Å². The third-order valence-electron chi connectivity index (χ3n) is 3.44. The molecule has 2 rings (SSSR count). The van der Waals surface area contributed by atoms with Gasteiger partial charge in [0.1, 0.15) is 5.69 Å². The second kappa shape index (κ2) is 6.18. The first-order valence-electron chi connectivity index (χ1n) is 6.33. The van der Waals surface area contributed by atoms with E-state index in [4.69, 9.17) is 0 Å². The maximum atomic E-state index is 12.4. The highest BCUT2D eigenvalue weighted by molar-refractivity contribution is 9.09. The fourth-order valence-corrected chi connectivity index (χ4v) is 2.99. The lowest BCUT2D eigenvalue weighted by Gasteiger charge is -2.35. The lowest BCUT2D eigenvalue weighted by Crippen LogP contribution is -2.44. The molecule has 0 aliphatic carbocycles. The number of nitro groups is 1. The zero-order chi connectivity index (χ0) is 13.8. The van der Waals surface area contributed by atoms with Crippen molar-refractivity contribution in [1.29, 1.82) is 0 Å². The molecule has 104 valence electrons. The Hall–Kier alpha value is -1.37. The molecule has 0 saturated carbocycles. The summed E-state index contributed by atoms with van der Waals surface area (Å²) in [6.07, 6.45) is 5.30. The van der Waals surface area contributed by atoms with Crippen LogP contribution in [0.1, 0.15) is 36.2 Å². The van der Waals surface area contributed by atoms with Crippen LogP contribution in [0.3, 0.4) is 0 Å². The lowest BCUT2D eigenvalue weighted by molar-refractivity contribution is -0.384. The quantitative estimate of drug-likeness (QED) is 0.524. The molecule has 0 bridgehead atoms. The van der Waals surface area contributed by atoms with Crippen molar-refractivity contribution in [1.82, 2.24) is 9.88 Å². The zero-order valence-corrected chi connectivity index (χ0v) is 12.1. The average molecular weight is 330 g/mol. The van der Waals surface area contributed by atoms with Crippen molar-refractivity contribution < 1.29 is 9.72 Å².